The minimum Gasteiger partial charge on any atom is -0.309 e. The Morgan fingerprint density at radius 2 is 0.849 bits per heavy atom. The number of nitrogens with zero attached hydrogens (tertiary/aromatic N) is 6. The lowest BCUT2D eigenvalue weighted by Gasteiger charge is -2.25. The molecular weight excluding hydrogens is 1040 g/mol. The average Bonchev–Trinajstić information content (AvgIpc) is 1.68. The van der Waals surface area contributed by atoms with E-state index in [1.165, 1.54) is 88.0 Å². The van der Waals surface area contributed by atoms with Gasteiger partial charge in [-0.3, -0.25) is 9.47 Å². The number of aromatic nitrogens is 5. The number of fused-ring (bicyclic) bond motifs is 17. The van der Waals surface area contributed by atoms with Gasteiger partial charge in [0.1, 0.15) is 0 Å². The maximum atomic E-state index is 5.99. The SMILES string of the molecule is CC1(C)c2ccccc2-c2ccc(-c3ccc4c5ccccc5n(-c5ccc6nc(N(c7ccccc7)c7ccc8c9ccccc9n(-c9ccccc9)c8c7)nc(-n7c8ccccc8c8c9c(ccc87)-c7ccccc7C9(C)C)c6c5)c4c3)cc21. The summed E-state index contributed by atoms with van der Waals surface area (Å²) in [6, 6.07) is 98.0. The van der Waals surface area contributed by atoms with Crippen LogP contribution in [0.3, 0.4) is 0 Å². The van der Waals surface area contributed by atoms with Gasteiger partial charge in [0.25, 0.3) is 0 Å². The molecule has 12 aromatic carbocycles. The lowest BCUT2D eigenvalue weighted by molar-refractivity contribution is 0.660. The molecule has 406 valence electrons. The third-order valence-corrected chi connectivity index (χ3v) is 19.2. The number of benzene rings is 12. The van der Waals surface area contributed by atoms with Crippen molar-refractivity contribution in [3.63, 3.8) is 0 Å². The molecule has 6 heteroatoms. The van der Waals surface area contributed by atoms with Crippen LogP contribution in [0.15, 0.2) is 267 Å². The molecule has 0 amide bonds. The number of rotatable bonds is 7. The highest BCUT2D eigenvalue weighted by molar-refractivity contribution is 6.16. The first-order valence-corrected chi connectivity index (χ1v) is 29.9. The minimum absolute atomic E-state index is 0.112. The molecule has 6 nitrogen and oxygen atoms in total. The van der Waals surface area contributed by atoms with E-state index < -0.39 is 0 Å². The van der Waals surface area contributed by atoms with Crippen molar-refractivity contribution in [2.24, 2.45) is 0 Å². The topological polar surface area (TPSA) is 43.8 Å². The van der Waals surface area contributed by atoms with Gasteiger partial charge in [-0.25, -0.2) is 4.98 Å². The maximum absolute atomic E-state index is 5.99. The van der Waals surface area contributed by atoms with Crippen LogP contribution in [0, 0.1) is 0 Å². The van der Waals surface area contributed by atoms with Crippen molar-refractivity contribution in [1.29, 1.82) is 0 Å². The molecule has 0 bridgehead atoms. The zero-order valence-electron chi connectivity index (χ0n) is 48.1. The fraction of sp³-hybridized carbons (Fsp3) is 0.0750. The molecule has 0 radical (unpaired) electrons. The van der Waals surface area contributed by atoms with Crippen molar-refractivity contribution < 1.29 is 0 Å². The largest absolute Gasteiger partial charge is 0.309 e. The molecule has 2 aliphatic carbocycles. The summed E-state index contributed by atoms with van der Waals surface area (Å²) in [5.41, 5.74) is 24.3. The van der Waals surface area contributed by atoms with Gasteiger partial charge >= 0.3 is 0 Å². The molecule has 16 aromatic rings. The highest BCUT2D eigenvalue weighted by Crippen LogP contribution is 2.54. The van der Waals surface area contributed by atoms with Crippen LogP contribution in [0.4, 0.5) is 17.3 Å². The standard InChI is InChI=1S/C80H56N6/c1-79(2)65-30-16-11-25-55(65)57-39-35-49(45-67(57)79)50-36-40-60-58-27-14-19-33-70(58)85(73(60)46-50)53-38-43-68-64(47-53)77(86-71-34-20-15-29-63(71)75-72(86)44-42-62-56-26-12-17-31-66(56)80(3,4)76(62)75)82-78(81-68)83(51-21-7-5-8-22-51)54-37-41-61-59-28-13-18-32-69(59)84(74(61)48-54)52-23-9-6-10-24-52/h5-48H,1-4H3. The van der Waals surface area contributed by atoms with Crippen LogP contribution >= 0.6 is 0 Å². The normalized spacial score (nSPS) is 13.8. The molecular formula is C80H56N6. The molecule has 0 unspecified atom stereocenters. The maximum Gasteiger partial charge on any atom is 0.237 e. The summed E-state index contributed by atoms with van der Waals surface area (Å²) < 4.78 is 7.26. The van der Waals surface area contributed by atoms with Crippen LogP contribution in [0.5, 0.6) is 0 Å². The van der Waals surface area contributed by atoms with Gasteiger partial charge < -0.3 is 9.13 Å². The van der Waals surface area contributed by atoms with Gasteiger partial charge in [0.2, 0.25) is 5.95 Å². The van der Waals surface area contributed by atoms with Crippen molar-refractivity contribution in [3.8, 4) is 50.6 Å². The van der Waals surface area contributed by atoms with E-state index in [1.54, 1.807) is 0 Å². The van der Waals surface area contributed by atoms with Crippen LogP contribution in [-0.4, -0.2) is 23.7 Å². The van der Waals surface area contributed by atoms with Crippen molar-refractivity contribution in [1.82, 2.24) is 23.7 Å². The zero-order valence-corrected chi connectivity index (χ0v) is 48.1. The van der Waals surface area contributed by atoms with Gasteiger partial charge in [-0.1, -0.05) is 204 Å². The van der Waals surface area contributed by atoms with E-state index in [1.807, 2.05) is 0 Å². The molecule has 0 saturated heterocycles. The summed E-state index contributed by atoms with van der Waals surface area (Å²) in [5.74, 6) is 1.37. The van der Waals surface area contributed by atoms with Crippen molar-refractivity contribution in [3.05, 3.63) is 289 Å². The van der Waals surface area contributed by atoms with Crippen LogP contribution in [-0.2, 0) is 10.8 Å². The van der Waals surface area contributed by atoms with Gasteiger partial charge in [-0.2, -0.15) is 4.98 Å². The van der Waals surface area contributed by atoms with E-state index >= 15 is 0 Å². The molecule has 2 aliphatic rings. The first-order valence-electron chi connectivity index (χ1n) is 29.9. The second kappa shape index (κ2) is 17.9. The van der Waals surface area contributed by atoms with Gasteiger partial charge in [-0.05, 0) is 147 Å². The van der Waals surface area contributed by atoms with Crippen LogP contribution in [0.1, 0.15) is 49.9 Å². The summed E-state index contributed by atoms with van der Waals surface area (Å²) in [7, 11) is 0. The first-order chi connectivity index (χ1) is 42.2. The van der Waals surface area contributed by atoms with Crippen molar-refractivity contribution in [2.75, 3.05) is 4.90 Å². The van der Waals surface area contributed by atoms with E-state index in [0.29, 0.717) is 5.95 Å². The van der Waals surface area contributed by atoms with Crippen molar-refractivity contribution >= 4 is 93.6 Å². The van der Waals surface area contributed by atoms with Gasteiger partial charge in [0.05, 0.1) is 44.3 Å². The lowest BCUT2D eigenvalue weighted by atomic mass is 9.80. The van der Waals surface area contributed by atoms with E-state index in [9.17, 15) is 0 Å². The third-order valence-electron chi connectivity index (χ3n) is 19.2. The van der Waals surface area contributed by atoms with Gasteiger partial charge in [0, 0.05) is 65.6 Å². The Labute approximate surface area is 497 Å². The Morgan fingerprint density at radius 3 is 1.58 bits per heavy atom. The number of para-hydroxylation sites is 5. The Morgan fingerprint density at radius 1 is 0.314 bits per heavy atom. The second-order valence-electron chi connectivity index (χ2n) is 24.5. The molecule has 0 aliphatic heterocycles. The quantitative estimate of drug-likeness (QED) is 0.160. The predicted octanol–water partition coefficient (Wildman–Crippen LogP) is 20.7. The monoisotopic (exact) mass is 1100 g/mol. The molecule has 18 rings (SSSR count). The fourth-order valence-electron chi connectivity index (χ4n) is 15.3. The van der Waals surface area contributed by atoms with Crippen molar-refractivity contribution in [2.45, 2.75) is 38.5 Å². The van der Waals surface area contributed by atoms with Gasteiger partial charge in [-0.15, -0.1) is 0 Å². The summed E-state index contributed by atoms with van der Waals surface area (Å²) in [4.78, 5) is 13.9. The molecule has 86 heavy (non-hydrogen) atoms. The molecule has 0 N–H and O–H groups in total. The predicted molar refractivity (Wildman–Crippen MR) is 358 cm³/mol. The van der Waals surface area contributed by atoms with E-state index in [4.69, 9.17) is 9.97 Å². The molecule has 4 aromatic heterocycles. The van der Waals surface area contributed by atoms with Gasteiger partial charge in [0.15, 0.2) is 5.82 Å². The number of hydrogen-bond acceptors (Lipinski definition) is 3. The van der Waals surface area contributed by atoms with E-state index in [0.717, 1.165) is 72.6 Å². The van der Waals surface area contributed by atoms with E-state index in [2.05, 4.69) is 313 Å². The molecule has 4 heterocycles. The Kier molecular flexibility index (Phi) is 10.1. The Balaban J connectivity index is 0.901. The minimum atomic E-state index is -0.256. The lowest BCUT2D eigenvalue weighted by Crippen LogP contribution is -2.16. The summed E-state index contributed by atoms with van der Waals surface area (Å²) in [6.45, 7) is 9.50. The van der Waals surface area contributed by atoms with E-state index in [-0.39, 0.29) is 10.8 Å². The zero-order chi connectivity index (χ0) is 57.2. The van der Waals surface area contributed by atoms with Crippen LogP contribution in [0.25, 0.3) is 127 Å². The Hall–Kier alpha value is -10.8. The number of anilines is 3. The Bertz CT molecular complexity index is 5540. The molecule has 0 saturated carbocycles. The molecule has 0 atom stereocenters. The third kappa shape index (κ3) is 6.78. The first kappa shape index (κ1) is 48.7. The van der Waals surface area contributed by atoms with Crippen LogP contribution < -0.4 is 4.90 Å². The summed E-state index contributed by atoms with van der Waals surface area (Å²) >= 11 is 0. The second-order valence-corrected chi connectivity index (χ2v) is 24.5. The smallest absolute Gasteiger partial charge is 0.237 e. The molecule has 0 fully saturated rings. The fourth-order valence-corrected chi connectivity index (χ4v) is 15.3. The highest BCUT2D eigenvalue weighted by atomic mass is 15.3. The van der Waals surface area contributed by atoms with Crippen LogP contribution in [0.2, 0.25) is 0 Å². The highest BCUT2D eigenvalue weighted by Gasteiger charge is 2.39. The summed E-state index contributed by atoms with van der Waals surface area (Å²) in [6.07, 6.45) is 0. The molecule has 0 spiro atoms. The average molecular weight is 1100 g/mol. The number of hydrogen-bond donors (Lipinski definition) is 0. The summed E-state index contributed by atoms with van der Waals surface area (Å²) in [5, 5.41) is 8.16.